The molecule has 0 bridgehead atoms. The molecule has 2 amide bonds. The number of hydrazine groups is 1. The molecule has 6 nitrogen and oxygen atoms in total. The largest absolute Gasteiger partial charge is 0.452 e. The van der Waals surface area contributed by atoms with Crippen LogP contribution in [0.15, 0.2) is 54.6 Å². The van der Waals surface area contributed by atoms with Crippen LogP contribution in [0, 0.1) is 0 Å². The topological polar surface area (TPSA) is 84.5 Å². The highest BCUT2D eigenvalue weighted by atomic mass is 35.5. The summed E-state index contributed by atoms with van der Waals surface area (Å²) in [5.41, 5.74) is 4.88. The Morgan fingerprint density at radius 2 is 1.57 bits per heavy atom. The Morgan fingerprint density at radius 3 is 2.26 bits per heavy atom. The molecule has 0 aromatic heterocycles. The summed E-state index contributed by atoms with van der Waals surface area (Å²) < 4.78 is 4.82. The minimum atomic E-state index is -0.672. The zero-order valence-corrected chi connectivity index (χ0v) is 12.7. The predicted octanol–water partition coefficient (Wildman–Crippen LogP) is 1.96. The summed E-state index contributed by atoms with van der Waals surface area (Å²) in [4.78, 5) is 35.0. The van der Waals surface area contributed by atoms with Crippen molar-refractivity contribution in [2.45, 2.75) is 0 Å². The molecule has 0 aliphatic heterocycles. The van der Waals surface area contributed by atoms with Gasteiger partial charge in [0.25, 0.3) is 11.8 Å². The number of ether oxygens (including phenoxy) is 1. The molecule has 0 unspecified atom stereocenters. The summed E-state index contributed by atoms with van der Waals surface area (Å²) in [6, 6.07) is 14.7. The Kier molecular flexibility index (Phi) is 5.71. The van der Waals surface area contributed by atoms with Gasteiger partial charge in [0.2, 0.25) is 0 Å². The molecule has 0 spiro atoms. The molecule has 0 atom stereocenters. The minimum Gasteiger partial charge on any atom is -0.452 e. The first-order valence-corrected chi connectivity index (χ1v) is 7.01. The summed E-state index contributed by atoms with van der Waals surface area (Å²) >= 11 is 5.86. The van der Waals surface area contributed by atoms with Crippen LogP contribution in [0.2, 0.25) is 5.02 Å². The summed E-state index contributed by atoms with van der Waals surface area (Å²) in [7, 11) is 0. The number of esters is 1. The van der Waals surface area contributed by atoms with Crippen LogP contribution in [0.1, 0.15) is 20.7 Å². The maximum Gasteiger partial charge on any atom is 0.338 e. The lowest BCUT2D eigenvalue weighted by molar-refractivity contribution is -0.125. The molecule has 0 radical (unpaired) electrons. The third kappa shape index (κ3) is 4.82. The molecule has 2 rings (SSSR count). The van der Waals surface area contributed by atoms with Crippen molar-refractivity contribution in [2.75, 3.05) is 6.61 Å². The molecule has 118 valence electrons. The Morgan fingerprint density at radius 1 is 0.913 bits per heavy atom. The van der Waals surface area contributed by atoms with E-state index in [1.165, 1.54) is 6.07 Å². The number of nitrogens with one attached hydrogen (secondary N) is 2. The van der Waals surface area contributed by atoms with Gasteiger partial charge in [-0.3, -0.25) is 20.4 Å². The van der Waals surface area contributed by atoms with E-state index in [9.17, 15) is 14.4 Å². The minimum absolute atomic E-state index is 0.218. The number of rotatable bonds is 4. The molecule has 0 aliphatic rings. The van der Waals surface area contributed by atoms with Gasteiger partial charge >= 0.3 is 5.97 Å². The smallest absolute Gasteiger partial charge is 0.338 e. The van der Waals surface area contributed by atoms with Crippen LogP contribution >= 0.6 is 11.6 Å². The van der Waals surface area contributed by atoms with Crippen LogP contribution in [-0.2, 0) is 9.53 Å². The van der Waals surface area contributed by atoms with Crippen LogP contribution in [0.3, 0.4) is 0 Å². The van der Waals surface area contributed by atoms with Gasteiger partial charge < -0.3 is 4.74 Å². The Balaban J connectivity index is 1.78. The van der Waals surface area contributed by atoms with Crippen molar-refractivity contribution in [1.29, 1.82) is 0 Å². The number of hydrogen-bond acceptors (Lipinski definition) is 4. The van der Waals surface area contributed by atoms with E-state index in [2.05, 4.69) is 10.9 Å². The second-order valence-electron chi connectivity index (χ2n) is 4.42. The van der Waals surface area contributed by atoms with Crippen LogP contribution in [-0.4, -0.2) is 24.4 Å². The van der Waals surface area contributed by atoms with Crippen molar-refractivity contribution in [1.82, 2.24) is 10.9 Å². The molecule has 23 heavy (non-hydrogen) atoms. The van der Waals surface area contributed by atoms with Crippen LogP contribution in [0.25, 0.3) is 0 Å². The van der Waals surface area contributed by atoms with Crippen molar-refractivity contribution >= 4 is 29.4 Å². The molecule has 0 saturated carbocycles. The van der Waals surface area contributed by atoms with Crippen molar-refractivity contribution in [3.8, 4) is 0 Å². The van der Waals surface area contributed by atoms with Crippen LogP contribution in [0.4, 0.5) is 0 Å². The molecule has 0 aliphatic carbocycles. The van der Waals surface area contributed by atoms with Gasteiger partial charge in [-0.05, 0) is 24.3 Å². The van der Waals surface area contributed by atoms with Gasteiger partial charge in [0, 0.05) is 0 Å². The van der Waals surface area contributed by atoms with E-state index in [0.717, 1.165) is 0 Å². The van der Waals surface area contributed by atoms with Gasteiger partial charge in [-0.2, -0.15) is 0 Å². The highest BCUT2D eigenvalue weighted by Gasteiger charge is 2.12. The fourth-order valence-corrected chi connectivity index (χ4v) is 1.89. The van der Waals surface area contributed by atoms with Crippen molar-refractivity contribution in [3.63, 3.8) is 0 Å². The van der Waals surface area contributed by atoms with Crippen LogP contribution < -0.4 is 10.9 Å². The Bertz CT molecular complexity index is 719. The zero-order chi connectivity index (χ0) is 16.7. The SMILES string of the molecule is O=C(COC(=O)c1ccccc1)NNC(=O)c1ccccc1Cl. The normalized spacial score (nSPS) is 9.78. The van der Waals surface area contributed by atoms with Crippen molar-refractivity contribution < 1.29 is 19.1 Å². The number of halogens is 1. The summed E-state index contributed by atoms with van der Waals surface area (Å²) in [6.07, 6.45) is 0. The lowest BCUT2D eigenvalue weighted by Gasteiger charge is -2.09. The van der Waals surface area contributed by atoms with E-state index in [1.54, 1.807) is 48.5 Å². The fourth-order valence-electron chi connectivity index (χ4n) is 1.66. The van der Waals surface area contributed by atoms with Gasteiger partial charge in [0.1, 0.15) is 0 Å². The van der Waals surface area contributed by atoms with E-state index in [1.807, 2.05) is 0 Å². The first kappa shape index (κ1) is 16.5. The lowest BCUT2D eigenvalue weighted by atomic mass is 10.2. The molecule has 2 aromatic rings. The number of benzene rings is 2. The first-order valence-electron chi connectivity index (χ1n) is 6.64. The number of amides is 2. The third-order valence-electron chi connectivity index (χ3n) is 2.78. The van der Waals surface area contributed by atoms with Gasteiger partial charge in [-0.1, -0.05) is 41.9 Å². The molecule has 2 aromatic carbocycles. The van der Waals surface area contributed by atoms with Gasteiger partial charge in [-0.25, -0.2) is 4.79 Å². The molecular formula is C16H13ClN2O4. The zero-order valence-electron chi connectivity index (χ0n) is 11.9. The summed E-state index contributed by atoms with van der Waals surface area (Å²) in [6.45, 7) is -0.517. The second-order valence-corrected chi connectivity index (χ2v) is 4.83. The standard InChI is InChI=1S/C16H13ClN2O4/c17-13-9-5-4-8-12(13)15(21)19-18-14(20)10-23-16(22)11-6-2-1-3-7-11/h1-9H,10H2,(H,18,20)(H,19,21). The molecule has 7 heteroatoms. The lowest BCUT2D eigenvalue weighted by Crippen LogP contribution is -2.43. The average Bonchev–Trinajstić information content (AvgIpc) is 2.58. The summed E-state index contributed by atoms with van der Waals surface area (Å²) in [5.74, 6) is -1.87. The first-order chi connectivity index (χ1) is 11.1. The Labute approximate surface area is 137 Å². The maximum atomic E-state index is 11.8. The second kappa shape index (κ2) is 7.95. The van der Waals surface area contributed by atoms with E-state index < -0.39 is 24.4 Å². The van der Waals surface area contributed by atoms with E-state index >= 15 is 0 Å². The quantitative estimate of drug-likeness (QED) is 0.662. The molecule has 0 fully saturated rings. The van der Waals surface area contributed by atoms with E-state index in [0.29, 0.717) is 5.56 Å². The van der Waals surface area contributed by atoms with Gasteiger partial charge in [-0.15, -0.1) is 0 Å². The monoisotopic (exact) mass is 332 g/mol. The van der Waals surface area contributed by atoms with E-state index in [-0.39, 0.29) is 10.6 Å². The number of carbonyl (C=O) groups excluding carboxylic acids is 3. The predicted molar refractivity (Wildman–Crippen MR) is 83.8 cm³/mol. The highest BCUT2D eigenvalue weighted by molar-refractivity contribution is 6.33. The van der Waals surface area contributed by atoms with Gasteiger partial charge in [0.15, 0.2) is 6.61 Å². The van der Waals surface area contributed by atoms with Crippen molar-refractivity contribution in [3.05, 3.63) is 70.7 Å². The maximum absolute atomic E-state index is 11.8. The fraction of sp³-hybridized carbons (Fsp3) is 0.0625. The highest BCUT2D eigenvalue weighted by Crippen LogP contribution is 2.14. The molecule has 0 saturated heterocycles. The molecular weight excluding hydrogens is 320 g/mol. The average molecular weight is 333 g/mol. The number of hydrogen-bond donors (Lipinski definition) is 2. The molecule has 2 N–H and O–H groups in total. The van der Waals surface area contributed by atoms with E-state index in [4.69, 9.17) is 16.3 Å². The summed E-state index contributed by atoms with van der Waals surface area (Å²) in [5, 5.41) is 0.259. The molecule has 0 heterocycles. The number of carbonyl (C=O) groups is 3. The van der Waals surface area contributed by atoms with Crippen LogP contribution in [0.5, 0.6) is 0 Å². The third-order valence-corrected chi connectivity index (χ3v) is 3.11. The van der Waals surface area contributed by atoms with Gasteiger partial charge in [0.05, 0.1) is 16.1 Å². The Hall–Kier alpha value is -2.86. The van der Waals surface area contributed by atoms with Crippen molar-refractivity contribution in [2.24, 2.45) is 0 Å².